The number of β-amino-alcohol motifs (C(OH)–C–C–N with tert-alkyl or cyclic N) is 1. The van der Waals surface area contributed by atoms with Crippen LogP contribution in [0.1, 0.15) is 28.7 Å². The third kappa shape index (κ3) is 4.19. The zero-order valence-corrected chi connectivity index (χ0v) is 14.7. The van der Waals surface area contributed by atoms with Gasteiger partial charge in [0.2, 0.25) is 5.91 Å². The average molecular weight is 376 g/mol. The van der Waals surface area contributed by atoms with Crippen molar-refractivity contribution in [2.75, 3.05) is 13.1 Å². The summed E-state index contributed by atoms with van der Waals surface area (Å²) in [4.78, 5) is 17.9. The normalized spacial score (nSPS) is 20.4. The van der Waals surface area contributed by atoms with E-state index in [2.05, 4.69) is 4.98 Å². The van der Waals surface area contributed by atoms with E-state index in [1.54, 1.807) is 24.5 Å². The molecule has 4 nitrogen and oxygen atoms in total. The van der Waals surface area contributed by atoms with E-state index in [0.717, 1.165) is 23.3 Å². The number of amides is 1. The van der Waals surface area contributed by atoms with Crippen LogP contribution in [-0.2, 0) is 16.6 Å². The molecule has 0 spiro atoms. The zero-order valence-electron chi connectivity index (χ0n) is 14.7. The summed E-state index contributed by atoms with van der Waals surface area (Å²) in [5.74, 6) is -0.256. The van der Waals surface area contributed by atoms with E-state index in [-0.39, 0.29) is 18.9 Å². The lowest BCUT2D eigenvalue weighted by Crippen LogP contribution is -2.33. The van der Waals surface area contributed by atoms with Gasteiger partial charge in [0.15, 0.2) is 0 Å². The molecule has 1 aromatic heterocycles. The molecule has 0 radical (unpaired) electrons. The summed E-state index contributed by atoms with van der Waals surface area (Å²) in [5, 5.41) is 10.8. The summed E-state index contributed by atoms with van der Waals surface area (Å²) in [6, 6.07) is 6.23. The van der Waals surface area contributed by atoms with E-state index in [4.69, 9.17) is 0 Å². The smallest absolute Gasteiger partial charge is 0.383 e. The standard InChI is InChI=1S/C20H19F3N2O2/c1-14-12-24-10-8-15(14)2-7-18(26)25-11-9-19(27,13-25)16-3-5-17(6-4-16)20(21,22)23/h2-8,10,12,27H,9,11,13H2,1H3/b7-2+. The fourth-order valence-corrected chi connectivity index (χ4v) is 3.12. The van der Waals surface area contributed by atoms with Crippen molar-refractivity contribution in [1.29, 1.82) is 0 Å². The average Bonchev–Trinajstić information content (AvgIpc) is 3.04. The number of hydrogen-bond donors (Lipinski definition) is 1. The molecule has 1 atom stereocenters. The zero-order chi connectivity index (χ0) is 19.7. The maximum Gasteiger partial charge on any atom is 0.416 e. The summed E-state index contributed by atoms with van der Waals surface area (Å²) >= 11 is 0. The molecular formula is C20H19F3N2O2. The minimum absolute atomic E-state index is 0.0386. The summed E-state index contributed by atoms with van der Waals surface area (Å²) < 4.78 is 38.1. The number of carbonyl (C=O) groups is 1. The lowest BCUT2D eigenvalue weighted by Gasteiger charge is -2.24. The molecule has 1 aliphatic heterocycles. The van der Waals surface area contributed by atoms with Crippen LogP contribution in [0.3, 0.4) is 0 Å². The number of halogens is 3. The second kappa shape index (κ2) is 7.15. The Morgan fingerprint density at radius 1 is 1.26 bits per heavy atom. The molecule has 1 unspecified atom stereocenters. The van der Waals surface area contributed by atoms with E-state index in [1.165, 1.54) is 23.1 Å². The molecule has 1 fully saturated rings. The van der Waals surface area contributed by atoms with Crippen LogP contribution in [0.25, 0.3) is 6.08 Å². The van der Waals surface area contributed by atoms with Crippen LogP contribution in [0.4, 0.5) is 13.2 Å². The van der Waals surface area contributed by atoms with E-state index in [0.29, 0.717) is 12.1 Å². The second-order valence-electron chi connectivity index (χ2n) is 6.68. The van der Waals surface area contributed by atoms with Crippen molar-refractivity contribution < 1.29 is 23.1 Å². The van der Waals surface area contributed by atoms with Crippen LogP contribution < -0.4 is 0 Å². The first-order valence-electron chi connectivity index (χ1n) is 8.47. The Labute approximate surface area is 155 Å². The maximum absolute atomic E-state index is 12.7. The lowest BCUT2D eigenvalue weighted by molar-refractivity contribution is -0.137. The molecule has 142 valence electrons. The molecule has 1 aromatic carbocycles. The minimum Gasteiger partial charge on any atom is -0.383 e. The van der Waals surface area contributed by atoms with Crippen molar-refractivity contribution in [2.24, 2.45) is 0 Å². The van der Waals surface area contributed by atoms with Gasteiger partial charge >= 0.3 is 6.18 Å². The molecule has 3 rings (SSSR count). The number of benzene rings is 1. The van der Waals surface area contributed by atoms with Crippen LogP contribution in [0, 0.1) is 6.92 Å². The number of aliphatic hydroxyl groups is 1. The molecule has 0 aliphatic carbocycles. The quantitative estimate of drug-likeness (QED) is 0.834. The lowest BCUT2D eigenvalue weighted by atomic mass is 9.92. The van der Waals surface area contributed by atoms with Gasteiger partial charge in [-0.1, -0.05) is 12.1 Å². The fraction of sp³-hybridized carbons (Fsp3) is 0.300. The fourth-order valence-electron chi connectivity index (χ4n) is 3.12. The number of carbonyl (C=O) groups excluding carboxylic acids is 1. The van der Waals surface area contributed by atoms with Crippen molar-refractivity contribution in [3.8, 4) is 0 Å². The monoisotopic (exact) mass is 376 g/mol. The summed E-state index contributed by atoms with van der Waals surface area (Å²) in [6.45, 7) is 2.25. The third-order valence-electron chi connectivity index (χ3n) is 4.78. The summed E-state index contributed by atoms with van der Waals surface area (Å²) in [7, 11) is 0. The molecule has 7 heteroatoms. The molecular weight excluding hydrogens is 357 g/mol. The van der Waals surface area contributed by atoms with E-state index < -0.39 is 17.3 Å². The Hall–Kier alpha value is -2.67. The topological polar surface area (TPSA) is 53.4 Å². The van der Waals surface area contributed by atoms with E-state index >= 15 is 0 Å². The van der Waals surface area contributed by atoms with Crippen molar-refractivity contribution in [1.82, 2.24) is 9.88 Å². The Bertz CT molecular complexity index is 862. The third-order valence-corrected chi connectivity index (χ3v) is 4.78. The highest BCUT2D eigenvalue weighted by atomic mass is 19.4. The predicted octanol–water partition coefficient (Wildman–Crippen LogP) is 3.54. The van der Waals surface area contributed by atoms with Crippen LogP contribution in [0.5, 0.6) is 0 Å². The van der Waals surface area contributed by atoms with Crippen molar-refractivity contribution in [3.05, 3.63) is 71.1 Å². The highest BCUT2D eigenvalue weighted by Crippen LogP contribution is 2.35. The van der Waals surface area contributed by atoms with Crippen molar-refractivity contribution in [3.63, 3.8) is 0 Å². The second-order valence-corrected chi connectivity index (χ2v) is 6.68. The number of alkyl halides is 3. The molecule has 2 aromatic rings. The molecule has 1 saturated heterocycles. The molecule has 1 aliphatic rings. The maximum atomic E-state index is 12.7. The minimum atomic E-state index is -4.42. The molecule has 27 heavy (non-hydrogen) atoms. The number of aryl methyl sites for hydroxylation is 1. The Morgan fingerprint density at radius 2 is 1.96 bits per heavy atom. The molecule has 0 saturated carbocycles. The Balaban J connectivity index is 1.70. The van der Waals surface area contributed by atoms with Gasteiger partial charge in [0, 0.05) is 25.0 Å². The van der Waals surface area contributed by atoms with Gasteiger partial charge in [-0.3, -0.25) is 9.78 Å². The SMILES string of the molecule is Cc1cnccc1/C=C/C(=O)N1CCC(O)(c2ccc(C(F)(F)F)cc2)C1. The molecule has 2 heterocycles. The first-order chi connectivity index (χ1) is 12.7. The van der Waals surface area contributed by atoms with Gasteiger partial charge in [0.1, 0.15) is 5.60 Å². The van der Waals surface area contributed by atoms with E-state index in [1.807, 2.05) is 6.92 Å². The van der Waals surface area contributed by atoms with Gasteiger partial charge in [-0.25, -0.2) is 0 Å². The van der Waals surface area contributed by atoms with Crippen LogP contribution in [0.2, 0.25) is 0 Å². The van der Waals surface area contributed by atoms with Crippen LogP contribution >= 0.6 is 0 Å². The summed E-state index contributed by atoms with van der Waals surface area (Å²) in [6.07, 6.45) is 2.30. The van der Waals surface area contributed by atoms with Gasteiger partial charge in [-0.15, -0.1) is 0 Å². The Kier molecular flexibility index (Phi) is 5.06. The largest absolute Gasteiger partial charge is 0.416 e. The Morgan fingerprint density at radius 3 is 2.59 bits per heavy atom. The van der Waals surface area contributed by atoms with E-state index in [9.17, 15) is 23.1 Å². The summed E-state index contributed by atoms with van der Waals surface area (Å²) in [5.41, 5.74) is 0.0659. The number of nitrogens with zero attached hydrogens (tertiary/aromatic N) is 2. The van der Waals surface area contributed by atoms with Crippen LogP contribution in [0.15, 0.2) is 48.8 Å². The highest BCUT2D eigenvalue weighted by Gasteiger charge is 2.39. The first kappa shape index (κ1) is 19.1. The highest BCUT2D eigenvalue weighted by molar-refractivity contribution is 5.92. The molecule has 0 bridgehead atoms. The first-order valence-corrected chi connectivity index (χ1v) is 8.47. The van der Waals surface area contributed by atoms with Gasteiger partial charge < -0.3 is 10.0 Å². The number of pyridine rings is 1. The number of aromatic nitrogens is 1. The van der Waals surface area contributed by atoms with Crippen molar-refractivity contribution >= 4 is 12.0 Å². The number of rotatable bonds is 3. The van der Waals surface area contributed by atoms with Gasteiger partial charge in [0.05, 0.1) is 12.1 Å². The number of hydrogen-bond acceptors (Lipinski definition) is 3. The van der Waals surface area contributed by atoms with Gasteiger partial charge in [-0.2, -0.15) is 13.2 Å². The van der Waals surface area contributed by atoms with Crippen molar-refractivity contribution in [2.45, 2.75) is 25.1 Å². The molecule has 1 amide bonds. The molecule has 1 N–H and O–H groups in total. The predicted molar refractivity (Wildman–Crippen MR) is 94.5 cm³/mol. The van der Waals surface area contributed by atoms with Crippen LogP contribution in [-0.4, -0.2) is 34.0 Å². The van der Waals surface area contributed by atoms with Gasteiger partial charge in [-0.05, 0) is 54.3 Å². The number of likely N-dealkylation sites (tertiary alicyclic amines) is 1. The van der Waals surface area contributed by atoms with Gasteiger partial charge in [0.25, 0.3) is 0 Å².